The second-order valence-electron chi connectivity index (χ2n) is 5.10. The molecule has 7 heteroatoms. The van der Waals surface area contributed by atoms with Crippen molar-refractivity contribution in [3.05, 3.63) is 53.6 Å². The third-order valence-corrected chi connectivity index (χ3v) is 3.16. The normalized spacial score (nSPS) is 11.0. The number of phenols is 2. The summed E-state index contributed by atoms with van der Waals surface area (Å²) in [5.41, 5.74) is 4.13. The summed E-state index contributed by atoms with van der Waals surface area (Å²) in [4.78, 5) is 23.0. The molecular weight excluding hydrogens is 310 g/mol. The van der Waals surface area contributed by atoms with Gasteiger partial charge in [-0.1, -0.05) is 0 Å². The van der Waals surface area contributed by atoms with Crippen LogP contribution in [0, 0.1) is 0 Å². The van der Waals surface area contributed by atoms with Crippen LogP contribution in [0.4, 0.5) is 5.69 Å². The fraction of sp³-hybridized carbons (Fsp3) is 0.118. The van der Waals surface area contributed by atoms with Crippen LogP contribution in [0.2, 0.25) is 0 Å². The quantitative estimate of drug-likeness (QED) is 0.509. The molecular formula is C17H17N3O4. The number of rotatable bonds is 4. The monoisotopic (exact) mass is 327 g/mol. The molecule has 0 atom stereocenters. The topological polar surface area (TPSA) is 111 Å². The number of nitrogens with one attached hydrogen (secondary N) is 2. The Morgan fingerprint density at radius 3 is 2.25 bits per heavy atom. The fourth-order valence-corrected chi connectivity index (χ4v) is 1.99. The molecule has 0 unspecified atom stereocenters. The van der Waals surface area contributed by atoms with Crippen LogP contribution in [-0.4, -0.2) is 27.7 Å². The molecule has 0 radical (unpaired) electrons. The summed E-state index contributed by atoms with van der Waals surface area (Å²) in [7, 11) is 0. The van der Waals surface area contributed by atoms with Gasteiger partial charge in [-0.3, -0.25) is 9.59 Å². The van der Waals surface area contributed by atoms with E-state index in [9.17, 15) is 19.8 Å². The third kappa shape index (κ3) is 4.33. The molecule has 0 fully saturated rings. The van der Waals surface area contributed by atoms with E-state index in [2.05, 4.69) is 15.8 Å². The Hall–Kier alpha value is -3.35. The van der Waals surface area contributed by atoms with Crippen LogP contribution in [0.15, 0.2) is 47.6 Å². The minimum atomic E-state index is -0.429. The fourth-order valence-electron chi connectivity index (χ4n) is 1.99. The molecule has 0 aliphatic rings. The van der Waals surface area contributed by atoms with Crippen molar-refractivity contribution in [2.75, 3.05) is 5.32 Å². The first-order valence-electron chi connectivity index (χ1n) is 7.11. The van der Waals surface area contributed by atoms with Gasteiger partial charge in [-0.25, -0.2) is 5.43 Å². The maximum absolute atomic E-state index is 12.0. The first kappa shape index (κ1) is 17.0. The van der Waals surface area contributed by atoms with Gasteiger partial charge in [0.25, 0.3) is 5.91 Å². The number of aromatic hydroxyl groups is 2. The predicted octanol–water partition coefficient (Wildman–Crippen LogP) is 2.21. The molecule has 0 aromatic heterocycles. The molecule has 2 aromatic carbocycles. The van der Waals surface area contributed by atoms with Crippen molar-refractivity contribution in [2.45, 2.75) is 13.8 Å². The molecule has 4 N–H and O–H groups in total. The second-order valence-corrected chi connectivity index (χ2v) is 5.10. The SMILES string of the molecule is CC(=O)Nc1ccc(C(=O)N/N=C(/C)c2ccc(O)cc2O)cc1. The molecule has 2 amide bonds. The van der Waals surface area contributed by atoms with Gasteiger partial charge in [-0.2, -0.15) is 5.10 Å². The van der Waals surface area contributed by atoms with Crippen LogP contribution in [0.1, 0.15) is 29.8 Å². The molecule has 7 nitrogen and oxygen atoms in total. The number of carbonyl (C=O) groups is 2. The third-order valence-electron chi connectivity index (χ3n) is 3.16. The van der Waals surface area contributed by atoms with Gasteiger partial charge < -0.3 is 15.5 Å². The van der Waals surface area contributed by atoms with Gasteiger partial charge in [0.15, 0.2) is 0 Å². The van der Waals surface area contributed by atoms with Gasteiger partial charge in [0.1, 0.15) is 11.5 Å². The van der Waals surface area contributed by atoms with Crippen molar-refractivity contribution < 1.29 is 19.8 Å². The number of amides is 2. The number of carbonyl (C=O) groups excluding carboxylic acids is 2. The van der Waals surface area contributed by atoms with E-state index in [1.54, 1.807) is 31.2 Å². The molecule has 0 aliphatic heterocycles. The zero-order valence-electron chi connectivity index (χ0n) is 13.2. The Morgan fingerprint density at radius 1 is 1.00 bits per heavy atom. The van der Waals surface area contributed by atoms with Crippen molar-refractivity contribution in [1.82, 2.24) is 5.43 Å². The zero-order valence-corrected chi connectivity index (χ0v) is 13.2. The Balaban J connectivity index is 2.07. The van der Waals surface area contributed by atoms with Crippen molar-refractivity contribution in [3.63, 3.8) is 0 Å². The number of benzene rings is 2. The van der Waals surface area contributed by atoms with Gasteiger partial charge in [0.2, 0.25) is 5.91 Å². The smallest absolute Gasteiger partial charge is 0.271 e. The van der Waals surface area contributed by atoms with E-state index in [1.807, 2.05) is 0 Å². The van der Waals surface area contributed by atoms with E-state index in [0.29, 0.717) is 22.5 Å². The highest BCUT2D eigenvalue weighted by molar-refractivity contribution is 6.02. The first-order chi connectivity index (χ1) is 11.4. The Morgan fingerprint density at radius 2 is 1.67 bits per heavy atom. The van der Waals surface area contributed by atoms with E-state index in [1.165, 1.54) is 25.1 Å². The van der Waals surface area contributed by atoms with Crippen LogP contribution in [0.25, 0.3) is 0 Å². The maximum atomic E-state index is 12.0. The number of nitrogens with zero attached hydrogens (tertiary/aromatic N) is 1. The number of anilines is 1. The first-order valence-corrected chi connectivity index (χ1v) is 7.11. The minimum Gasteiger partial charge on any atom is -0.508 e. The number of hydrazone groups is 1. The zero-order chi connectivity index (χ0) is 17.7. The summed E-state index contributed by atoms with van der Waals surface area (Å²) >= 11 is 0. The number of hydrogen-bond acceptors (Lipinski definition) is 5. The van der Waals surface area contributed by atoms with Gasteiger partial charge >= 0.3 is 0 Å². The summed E-state index contributed by atoms with van der Waals surface area (Å²) in [6, 6.07) is 10.4. The van der Waals surface area contributed by atoms with E-state index >= 15 is 0 Å². The summed E-state index contributed by atoms with van der Waals surface area (Å²) in [5.74, 6) is -0.819. The number of hydrogen-bond donors (Lipinski definition) is 4. The molecule has 2 rings (SSSR count). The minimum absolute atomic E-state index is 0.0626. The van der Waals surface area contributed by atoms with Gasteiger partial charge in [0.05, 0.1) is 5.71 Å². The molecule has 2 aromatic rings. The highest BCUT2D eigenvalue weighted by Crippen LogP contribution is 2.23. The molecule has 124 valence electrons. The predicted molar refractivity (Wildman–Crippen MR) is 90.2 cm³/mol. The van der Waals surface area contributed by atoms with Crippen molar-refractivity contribution in [3.8, 4) is 11.5 Å². The average molecular weight is 327 g/mol. The van der Waals surface area contributed by atoms with Crippen molar-refractivity contribution in [2.24, 2.45) is 5.10 Å². The van der Waals surface area contributed by atoms with Crippen LogP contribution < -0.4 is 10.7 Å². The maximum Gasteiger partial charge on any atom is 0.271 e. The van der Waals surface area contributed by atoms with Crippen LogP contribution in [0.5, 0.6) is 11.5 Å². The van der Waals surface area contributed by atoms with E-state index in [0.717, 1.165) is 0 Å². The Bertz CT molecular complexity index is 798. The van der Waals surface area contributed by atoms with Gasteiger partial charge in [-0.15, -0.1) is 0 Å². The Kier molecular flexibility index (Phi) is 5.16. The molecule has 0 heterocycles. The lowest BCUT2D eigenvalue weighted by molar-refractivity contribution is -0.114. The summed E-state index contributed by atoms with van der Waals surface area (Å²) in [6.45, 7) is 3.02. The van der Waals surface area contributed by atoms with Gasteiger partial charge in [-0.05, 0) is 43.3 Å². The van der Waals surface area contributed by atoms with Crippen LogP contribution in [-0.2, 0) is 4.79 Å². The molecule has 0 spiro atoms. The van der Waals surface area contributed by atoms with Gasteiger partial charge in [0, 0.05) is 29.8 Å². The average Bonchev–Trinajstić information content (AvgIpc) is 2.52. The highest BCUT2D eigenvalue weighted by Gasteiger charge is 2.08. The lowest BCUT2D eigenvalue weighted by Gasteiger charge is -2.06. The van der Waals surface area contributed by atoms with Crippen LogP contribution >= 0.6 is 0 Å². The molecule has 0 saturated carbocycles. The summed E-state index contributed by atoms with van der Waals surface area (Å²) in [6.07, 6.45) is 0. The number of phenolic OH excluding ortho intramolecular Hbond substituents is 2. The Labute approximate surface area is 138 Å². The molecule has 0 aliphatic carbocycles. The highest BCUT2D eigenvalue weighted by atomic mass is 16.3. The molecule has 24 heavy (non-hydrogen) atoms. The lowest BCUT2D eigenvalue weighted by atomic mass is 10.1. The van der Waals surface area contributed by atoms with Crippen molar-refractivity contribution >= 4 is 23.2 Å². The lowest BCUT2D eigenvalue weighted by Crippen LogP contribution is -2.19. The largest absolute Gasteiger partial charge is 0.508 e. The molecule has 0 bridgehead atoms. The van der Waals surface area contributed by atoms with Crippen molar-refractivity contribution in [1.29, 1.82) is 0 Å². The van der Waals surface area contributed by atoms with Crippen LogP contribution in [0.3, 0.4) is 0 Å². The van der Waals surface area contributed by atoms with E-state index in [-0.39, 0.29) is 17.4 Å². The summed E-state index contributed by atoms with van der Waals surface area (Å²) in [5, 5.41) is 25.6. The molecule has 0 saturated heterocycles. The standard InChI is InChI=1S/C17H17N3O4/c1-10(15-8-7-14(22)9-16(15)23)19-20-17(24)12-3-5-13(6-4-12)18-11(2)21/h3-9,22-23H,1-2H3,(H,18,21)(H,20,24)/b19-10-. The summed E-state index contributed by atoms with van der Waals surface area (Å²) < 4.78 is 0. The second kappa shape index (κ2) is 7.28. The van der Waals surface area contributed by atoms with E-state index < -0.39 is 5.91 Å². The van der Waals surface area contributed by atoms with E-state index in [4.69, 9.17) is 0 Å².